The highest BCUT2D eigenvalue weighted by Gasteiger charge is 2.24. The normalized spacial score (nSPS) is 20.7. The number of hydrogen-bond acceptors (Lipinski definition) is 5. The van der Waals surface area contributed by atoms with Crippen LogP contribution in [0.25, 0.3) is 0 Å². The van der Waals surface area contributed by atoms with E-state index in [0.29, 0.717) is 19.8 Å². The zero-order chi connectivity index (χ0) is 18.0. The lowest BCUT2D eigenvalue weighted by Gasteiger charge is -2.27. The minimum Gasteiger partial charge on any atom is -0.381 e. The number of rotatable bonds is 5. The van der Waals surface area contributed by atoms with Crippen LogP contribution < -0.4 is 10.0 Å². The molecule has 148 valence electrons. The molecule has 1 aromatic heterocycles. The summed E-state index contributed by atoms with van der Waals surface area (Å²) in [5.41, 5.74) is 2.45. The topological polar surface area (TPSA) is 85.3 Å². The van der Waals surface area contributed by atoms with E-state index in [-0.39, 0.29) is 29.4 Å². The lowest BCUT2D eigenvalue weighted by atomic mass is 9.95. The van der Waals surface area contributed by atoms with Crippen LogP contribution >= 0.6 is 12.4 Å². The highest BCUT2D eigenvalue weighted by molar-refractivity contribution is 7.89. The van der Waals surface area contributed by atoms with E-state index in [4.69, 9.17) is 4.74 Å². The SMILES string of the molecule is Cl.O=S(=O)(NCC1NCCc2ccccc21)c1cnn(C2CCOCC2)c1. The van der Waals surface area contributed by atoms with Gasteiger partial charge in [0, 0.05) is 32.0 Å². The second-order valence-electron chi connectivity index (χ2n) is 6.81. The maximum absolute atomic E-state index is 12.7. The molecule has 2 N–H and O–H groups in total. The molecule has 0 bridgehead atoms. The summed E-state index contributed by atoms with van der Waals surface area (Å²) in [6, 6.07) is 8.38. The molecular weight excluding hydrogens is 388 g/mol. The third-order valence-electron chi connectivity index (χ3n) is 5.15. The minimum atomic E-state index is -3.58. The van der Waals surface area contributed by atoms with E-state index in [9.17, 15) is 8.42 Å². The maximum atomic E-state index is 12.7. The average Bonchev–Trinajstić information content (AvgIpc) is 3.18. The summed E-state index contributed by atoms with van der Waals surface area (Å²) in [5, 5.41) is 7.66. The first-order chi connectivity index (χ1) is 12.6. The molecular formula is C18H25ClN4O3S. The first-order valence-electron chi connectivity index (χ1n) is 9.06. The molecule has 1 unspecified atom stereocenters. The van der Waals surface area contributed by atoms with Crippen LogP contribution in [0, 0.1) is 0 Å². The van der Waals surface area contributed by atoms with Gasteiger partial charge in [0.2, 0.25) is 10.0 Å². The van der Waals surface area contributed by atoms with E-state index < -0.39 is 10.0 Å². The molecule has 2 aliphatic heterocycles. The second-order valence-corrected chi connectivity index (χ2v) is 8.57. The highest BCUT2D eigenvalue weighted by atomic mass is 35.5. The van der Waals surface area contributed by atoms with Gasteiger partial charge in [-0.2, -0.15) is 5.10 Å². The number of nitrogens with one attached hydrogen (secondary N) is 2. The number of aromatic nitrogens is 2. The van der Waals surface area contributed by atoms with Crippen molar-refractivity contribution in [2.45, 2.75) is 36.2 Å². The van der Waals surface area contributed by atoms with Crippen LogP contribution in [0.3, 0.4) is 0 Å². The Labute approximate surface area is 165 Å². The minimum absolute atomic E-state index is 0. The van der Waals surface area contributed by atoms with Crippen LogP contribution in [0.4, 0.5) is 0 Å². The van der Waals surface area contributed by atoms with Crippen molar-refractivity contribution in [3.8, 4) is 0 Å². The summed E-state index contributed by atoms with van der Waals surface area (Å²) in [5.74, 6) is 0. The lowest BCUT2D eigenvalue weighted by molar-refractivity contribution is 0.0662. The van der Waals surface area contributed by atoms with Crippen molar-refractivity contribution >= 4 is 22.4 Å². The van der Waals surface area contributed by atoms with Gasteiger partial charge in [0.05, 0.1) is 12.2 Å². The zero-order valence-corrected chi connectivity index (χ0v) is 16.6. The first-order valence-corrected chi connectivity index (χ1v) is 10.5. The molecule has 3 heterocycles. The Morgan fingerprint density at radius 1 is 1.26 bits per heavy atom. The molecule has 2 aliphatic rings. The first kappa shape index (κ1) is 20.3. The molecule has 7 nitrogen and oxygen atoms in total. The number of benzene rings is 1. The molecule has 0 aliphatic carbocycles. The monoisotopic (exact) mass is 412 g/mol. The second kappa shape index (κ2) is 8.70. The fourth-order valence-electron chi connectivity index (χ4n) is 3.66. The maximum Gasteiger partial charge on any atom is 0.243 e. The summed E-state index contributed by atoms with van der Waals surface area (Å²) >= 11 is 0. The van der Waals surface area contributed by atoms with Gasteiger partial charge >= 0.3 is 0 Å². The molecule has 0 amide bonds. The average molecular weight is 413 g/mol. The van der Waals surface area contributed by atoms with Crippen LogP contribution in [-0.4, -0.2) is 44.5 Å². The molecule has 1 atom stereocenters. The summed E-state index contributed by atoms with van der Waals surface area (Å²) < 4.78 is 35.2. The lowest BCUT2D eigenvalue weighted by Crippen LogP contribution is -2.38. The van der Waals surface area contributed by atoms with Crippen molar-refractivity contribution < 1.29 is 13.2 Å². The van der Waals surface area contributed by atoms with E-state index in [1.807, 2.05) is 12.1 Å². The molecule has 1 aromatic carbocycles. The van der Waals surface area contributed by atoms with Gasteiger partial charge in [-0.15, -0.1) is 12.4 Å². The van der Waals surface area contributed by atoms with Gasteiger partial charge in [-0.3, -0.25) is 4.68 Å². The van der Waals surface area contributed by atoms with Gasteiger partial charge in [0.15, 0.2) is 0 Å². The molecule has 0 radical (unpaired) electrons. The van der Waals surface area contributed by atoms with Gasteiger partial charge in [-0.05, 0) is 36.9 Å². The van der Waals surface area contributed by atoms with Gasteiger partial charge < -0.3 is 10.1 Å². The molecule has 1 fully saturated rings. The van der Waals surface area contributed by atoms with E-state index in [1.54, 1.807) is 10.9 Å². The fourth-order valence-corrected chi connectivity index (χ4v) is 4.65. The van der Waals surface area contributed by atoms with Gasteiger partial charge in [0.25, 0.3) is 0 Å². The smallest absolute Gasteiger partial charge is 0.243 e. The highest BCUT2D eigenvalue weighted by Crippen LogP contribution is 2.23. The third kappa shape index (κ3) is 4.52. The Kier molecular flexibility index (Phi) is 6.54. The van der Waals surface area contributed by atoms with E-state index in [1.165, 1.54) is 17.3 Å². The Hall–Kier alpha value is -1.45. The predicted molar refractivity (Wildman–Crippen MR) is 105 cm³/mol. The fraction of sp³-hybridized carbons (Fsp3) is 0.500. The Morgan fingerprint density at radius 2 is 2.04 bits per heavy atom. The third-order valence-corrected chi connectivity index (χ3v) is 6.52. The van der Waals surface area contributed by atoms with Crippen molar-refractivity contribution in [1.29, 1.82) is 0 Å². The number of fused-ring (bicyclic) bond motifs is 1. The van der Waals surface area contributed by atoms with Crippen LogP contribution in [0.2, 0.25) is 0 Å². The summed E-state index contributed by atoms with van der Waals surface area (Å²) in [4.78, 5) is 0.216. The van der Waals surface area contributed by atoms with Gasteiger partial charge in [0.1, 0.15) is 4.90 Å². The number of nitrogens with zero attached hydrogens (tertiary/aromatic N) is 2. The Balaban J connectivity index is 0.00000210. The standard InChI is InChI=1S/C18H24N4O3S.ClH/c23-26(24,16-11-20-22(13-16)15-6-9-25-10-7-15)21-12-18-17-4-2-1-3-14(17)5-8-19-18;/h1-4,11,13,15,18-19,21H,5-10,12H2;1H. The number of ether oxygens (including phenoxy) is 1. The van der Waals surface area contributed by atoms with Crippen LogP contribution in [0.15, 0.2) is 41.6 Å². The molecule has 4 rings (SSSR count). The van der Waals surface area contributed by atoms with Crippen LogP contribution in [0.1, 0.15) is 36.1 Å². The van der Waals surface area contributed by atoms with E-state index in [0.717, 1.165) is 25.8 Å². The molecule has 27 heavy (non-hydrogen) atoms. The Morgan fingerprint density at radius 3 is 2.85 bits per heavy atom. The zero-order valence-electron chi connectivity index (χ0n) is 15.0. The summed E-state index contributed by atoms with van der Waals surface area (Å²) in [7, 11) is -3.58. The van der Waals surface area contributed by atoms with E-state index >= 15 is 0 Å². The molecule has 1 saturated heterocycles. The van der Waals surface area contributed by atoms with E-state index in [2.05, 4.69) is 27.3 Å². The quantitative estimate of drug-likeness (QED) is 0.782. The van der Waals surface area contributed by atoms with Crippen molar-refractivity contribution in [3.05, 3.63) is 47.8 Å². The van der Waals surface area contributed by atoms with Gasteiger partial charge in [-0.25, -0.2) is 13.1 Å². The summed E-state index contributed by atoms with van der Waals surface area (Å²) in [6.07, 6.45) is 5.74. The number of halogens is 1. The summed E-state index contributed by atoms with van der Waals surface area (Å²) in [6.45, 7) is 2.56. The molecule has 0 saturated carbocycles. The van der Waals surface area contributed by atoms with Gasteiger partial charge in [-0.1, -0.05) is 24.3 Å². The van der Waals surface area contributed by atoms with Crippen molar-refractivity contribution in [2.75, 3.05) is 26.3 Å². The van der Waals surface area contributed by atoms with Crippen LogP contribution in [0.5, 0.6) is 0 Å². The van der Waals surface area contributed by atoms with Crippen molar-refractivity contribution in [3.63, 3.8) is 0 Å². The van der Waals surface area contributed by atoms with Crippen LogP contribution in [-0.2, 0) is 21.2 Å². The number of hydrogen-bond donors (Lipinski definition) is 2. The Bertz CT molecular complexity index is 865. The predicted octanol–water partition coefficient (Wildman–Crippen LogP) is 1.82. The molecule has 2 aromatic rings. The van der Waals surface area contributed by atoms with Crippen molar-refractivity contribution in [2.24, 2.45) is 0 Å². The molecule has 9 heteroatoms. The number of sulfonamides is 1. The molecule has 0 spiro atoms. The largest absolute Gasteiger partial charge is 0.381 e. The van der Waals surface area contributed by atoms with Crippen molar-refractivity contribution in [1.82, 2.24) is 19.8 Å².